The van der Waals surface area contributed by atoms with Crippen molar-refractivity contribution in [3.05, 3.63) is 42.2 Å². The molecule has 0 radical (unpaired) electrons. The van der Waals surface area contributed by atoms with E-state index in [1.807, 2.05) is 6.92 Å². The van der Waals surface area contributed by atoms with E-state index < -0.39 is 10.0 Å². The Bertz CT molecular complexity index is 873. The monoisotopic (exact) mass is 349 g/mol. The van der Waals surface area contributed by atoms with Crippen LogP contribution in [0.3, 0.4) is 0 Å². The zero-order chi connectivity index (χ0) is 17.3. The first-order valence-electron chi connectivity index (χ1n) is 7.61. The molecule has 0 saturated carbocycles. The van der Waals surface area contributed by atoms with Gasteiger partial charge >= 0.3 is 0 Å². The number of likely N-dealkylation sites (N-methyl/N-ethyl adjacent to an activating group) is 1. The van der Waals surface area contributed by atoms with Crippen molar-refractivity contribution in [2.75, 3.05) is 24.9 Å². The fourth-order valence-electron chi connectivity index (χ4n) is 2.69. The summed E-state index contributed by atoms with van der Waals surface area (Å²) in [6, 6.07) is 8.08. The lowest BCUT2D eigenvalue weighted by Gasteiger charge is -2.26. The molecule has 1 aliphatic heterocycles. The van der Waals surface area contributed by atoms with Gasteiger partial charge in [0.25, 0.3) is 15.9 Å². The third-order valence-corrected chi connectivity index (χ3v) is 5.35. The number of anilines is 1. The van der Waals surface area contributed by atoms with E-state index in [9.17, 15) is 13.2 Å². The zero-order valence-electron chi connectivity index (χ0n) is 13.5. The number of nitrogens with zero attached hydrogens (tertiary/aromatic N) is 2. The van der Waals surface area contributed by atoms with E-state index in [0.29, 0.717) is 36.8 Å². The average Bonchev–Trinajstić information content (AvgIpc) is 3.01. The highest BCUT2D eigenvalue weighted by Crippen LogP contribution is 2.23. The molecule has 1 N–H and O–H groups in total. The molecule has 3 rings (SSSR count). The summed E-state index contributed by atoms with van der Waals surface area (Å²) in [5.74, 6) is 0.409. The quantitative estimate of drug-likeness (QED) is 0.892. The largest absolute Gasteiger partial charge is 0.497 e. The normalized spacial score (nSPS) is 14.4. The number of hydrogen-bond donors (Lipinski definition) is 1. The van der Waals surface area contributed by atoms with E-state index in [4.69, 9.17) is 4.74 Å². The number of rotatable bonds is 5. The molecule has 2 aromatic rings. The van der Waals surface area contributed by atoms with E-state index >= 15 is 0 Å². The molecule has 0 aliphatic carbocycles. The molecular formula is C16H19N3O4S. The van der Waals surface area contributed by atoms with Gasteiger partial charge in [-0.3, -0.25) is 9.52 Å². The number of nitrogens with one attached hydrogen (secondary N) is 1. The van der Waals surface area contributed by atoms with E-state index in [1.54, 1.807) is 33.7 Å². The summed E-state index contributed by atoms with van der Waals surface area (Å²) in [6.07, 6.45) is 1.50. The van der Waals surface area contributed by atoms with Crippen LogP contribution in [0.4, 0.5) is 5.69 Å². The summed E-state index contributed by atoms with van der Waals surface area (Å²) in [5, 5.41) is 0. The first-order chi connectivity index (χ1) is 11.4. The topological polar surface area (TPSA) is 80.6 Å². The molecule has 24 heavy (non-hydrogen) atoms. The van der Waals surface area contributed by atoms with Gasteiger partial charge in [0.2, 0.25) is 0 Å². The third-order valence-electron chi connectivity index (χ3n) is 4.00. The van der Waals surface area contributed by atoms with E-state index in [0.717, 1.165) is 0 Å². The second kappa shape index (κ2) is 6.20. The molecule has 0 unspecified atom stereocenters. The van der Waals surface area contributed by atoms with Gasteiger partial charge in [-0.25, -0.2) is 8.42 Å². The second-order valence-electron chi connectivity index (χ2n) is 5.48. The minimum absolute atomic E-state index is 0.0756. The van der Waals surface area contributed by atoms with Gasteiger partial charge in [-0.15, -0.1) is 0 Å². The van der Waals surface area contributed by atoms with Crippen LogP contribution >= 0.6 is 0 Å². The van der Waals surface area contributed by atoms with Crippen molar-refractivity contribution in [3.63, 3.8) is 0 Å². The van der Waals surface area contributed by atoms with E-state index in [2.05, 4.69) is 4.72 Å². The van der Waals surface area contributed by atoms with Crippen molar-refractivity contribution in [1.29, 1.82) is 0 Å². The summed E-state index contributed by atoms with van der Waals surface area (Å²) >= 11 is 0. The smallest absolute Gasteiger partial charge is 0.270 e. The highest BCUT2D eigenvalue weighted by atomic mass is 32.2. The van der Waals surface area contributed by atoms with Crippen molar-refractivity contribution in [2.24, 2.45) is 0 Å². The lowest BCUT2D eigenvalue weighted by molar-refractivity contribution is 0.0715. The van der Waals surface area contributed by atoms with E-state index in [-0.39, 0.29) is 10.8 Å². The SMILES string of the molecule is CCN1CCn2cc(S(=O)(=O)Nc3cccc(OC)c3)cc2C1=O. The zero-order valence-corrected chi connectivity index (χ0v) is 14.3. The van der Waals surface area contributed by atoms with Gasteiger partial charge in [-0.1, -0.05) is 6.07 Å². The predicted molar refractivity (Wildman–Crippen MR) is 89.8 cm³/mol. The Morgan fingerprint density at radius 2 is 2.04 bits per heavy atom. The maximum atomic E-state index is 12.6. The van der Waals surface area contributed by atoms with Crippen LogP contribution in [0.15, 0.2) is 41.4 Å². The van der Waals surface area contributed by atoms with E-state index in [1.165, 1.54) is 19.4 Å². The number of methoxy groups -OCH3 is 1. The van der Waals surface area contributed by atoms with Crippen LogP contribution in [0.25, 0.3) is 0 Å². The number of aromatic nitrogens is 1. The second-order valence-corrected chi connectivity index (χ2v) is 7.16. The maximum Gasteiger partial charge on any atom is 0.270 e. The Labute approximate surface area is 140 Å². The third kappa shape index (κ3) is 2.96. The summed E-state index contributed by atoms with van der Waals surface area (Å²) in [4.78, 5) is 14.1. The highest BCUT2D eigenvalue weighted by molar-refractivity contribution is 7.92. The van der Waals surface area contributed by atoms with Crippen LogP contribution < -0.4 is 9.46 Å². The van der Waals surface area contributed by atoms with Crippen molar-refractivity contribution in [3.8, 4) is 5.75 Å². The summed E-state index contributed by atoms with van der Waals surface area (Å²) < 4.78 is 34.5. The Hall–Kier alpha value is -2.48. The van der Waals surface area contributed by atoms with Gasteiger partial charge in [0.05, 0.1) is 12.8 Å². The van der Waals surface area contributed by atoms with Crippen molar-refractivity contribution >= 4 is 21.6 Å². The van der Waals surface area contributed by atoms with Crippen LogP contribution in [0.5, 0.6) is 5.75 Å². The Morgan fingerprint density at radius 3 is 2.75 bits per heavy atom. The number of carbonyl (C=O) groups excluding carboxylic acids is 1. The Kier molecular flexibility index (Phi) is 4.23. The molecule has 0 spiro atoms. The molecule has 128 valence electrons. The number of hydrogen-bond acceptors (Lipinski definition) is 4. The van der Waals surface area contributed by atoms with Gasteiger partial charge in [0.1, 0.15) is 16.3 Å². The van der Waals surface area contributed by atoms with Crippen LogP contribution in [0.2, 0.25) is 0 Å². The number of ether oxygens (including phenoxy) is 1. The van der Waals surface area contributed by atoms with Crippen molar-refractivity contribution in [2.45, 2.75) is 18.4 Å². The summed E-state index contributed by atoms with van der Waals surface area (Å²) in [5.41, 5.74) is 0.800. The minimum atomic E-state index is -3.78. The first kappa shape index (κ1) is 16.4. The molecule has 1 aliphatic rings. The van der Waals surface area contributed by atoms with Gasteiger partial charge in [0, 0.05) is 31.9 Å². The van der Waals surface area contributed by atoms with Gasteiger partial charge in [-0.05, 0) is 25.1 Å². The standard InChI is InChI=1S/C16H19N3O4S/c1-3-18-7-8-19-11-14(10-15(19)16(18)20)24(21,22)17-12-5-4-6-13(9-12)23-2/h4-6,9-11,17H,3,7-8H2,1-2H3. The van der Waals surface area contributed by atoms with Gasteiger partial charge in [-0.2, -0.15) is 0 Å². The number of amides is 1. The maximum absolute atomic E-state index is 12.6. The number of fused-ring (bicyclic) bond motifs is 1. The minimum Gasteiger partial charge on any atom is -0.497 e. The number of sulfonamides is 1. The number of carbonyl (C=O) groups is 1. The Balaban J connectivity index is 1.90. The van der Waals surface area contributed by atoms with Crippen molar-refractivity contribution in [1.82, 2.24) is 9.47 Å². The molecular weight excluding hydrogens is 330 g/mol. The fraction of sp³-hybridized carbons (Fsp3) is 0.312. The first-order valence-corrected chi connectivity index (χ1v) is 9.09. The molecule has 1 amide bonds. The highest BCUT2D eigenvalue weighted by Gasteiger charge is 2.27. The molecule has 7 nitrogen and oxygen atoms in total. The molecule has 1 aromatic heterocycles. The lowest BCUT2D eigenvalue weighted by atomic mass is 10.3. The fourth-order valence-corrected chi connectivity index (χ4v) is 3.78. The lowest BCUT2D eigenvalue weighted by Crippen LogP contribution is -2.39. The summed E-state index contributed by atoms with van der Waals surface area (Å²) in [6.45, 7) is 3.68. The Morgan fingerprint density at radius 1 is 1.25 bits per heavy atom. The molecule has 0 fully saturated rings. The van der Waals surface area contributed by atoms with Gasteiger partial charge < -0.3 is 14.2 Å². The van der Waals surface area contributed by atoms with Crippen LogP contribution in [-0.4, -0.2) is 44.0 Å². The van der Waals surface area contributed by atoms with Crippen LogP contribution in [0, 0.1) is 0 Å². The molecule has 0 atom stereocenters. The number of benzene rings is 1. The molecule has 2 heterocycles. The summed E-state index contributed by atoms with van der Waals surface area (Å²) in [7, 11) is -2.26. The molecule has 1 aromatic carbocycles. The van der Waals surface area contributed by atoms with Crippen LogP contribution in [0.1, 0.15) is 17.4 Å². The van der Waals surface area contributed by atoms with Crippen LogP contribution in [-0.2, 0) is 16.6 Å². The average molecular weight is 349 g/mol. The molecule has 0 bridgehead atoms. The molecule has 0 saturated heterocycles. The van der Waals surface area contributed by atoms with Crippen molar-refractivity contribution < 1.29 is 17.9 Å². The molecule has 8 heteroatoms. The van der Waals surface area contributed by atoms with Gasteiger partial charge in [0.15, 0.2) is 0 Å². The predicted octanol–water partition coefficient (Wildman–Crippen LogP) is 1.77.